The van der Waals surface area contributed by atoms with Gasteiger partial charge < -0.3 is 0 Å². The predicted molar refractivity (Wildman–Crippen MR) is 215 cm³/mol. The van der Waals surface area contributed by atoms with Crippen LogP contribution in [0.15, 0.2) is 127 Å². The summed E-state index contributed by atoms with van der Waals surface area (Å²) in [5.74, 6) is 0. The molecule has 0 bridgehead atoms. The maximum atomic E-state index is 11.4. The highest BCUT2D eigenvalue weighted by Crippen LogP contribution is 2.32. The van der Waals surface area contributed by atoms with Crippen molar-refractivity contribution >= 4 is 26.6 Å². The number of nitro groups is 3. The molecule has 10 heteroatoms. The summed E-state index contributed by atoms with van der Waals surface area (Å²) in [5, 5.41) is 34.2. The van der Waals surface area contributed by atoms with E-state index in [0.29, 0.717) is 22.4 Å². The molecular formula is C44H39N3O6Si. The highest BCUT2D eigenvalue weighted by Gasteiger charge is 2.15. The molecular weight excluding hydrogens is 695 g/mol. The van der Waals surface area contributed by atoms with Gasteiger partial charge >= 0.3 is 0 Å². The summed E-state index contributed by atoms with van der Waals surface area (Å²) >= 11 is 0. The van der Waals surface area contributed by atoms with Gasteiger partial charge in [-0.3, -0.25) is 30.3 Å². The van der Waals surface area contributed by atoms with E-state index in [-0.39, 0.29) is 22.1 Å². The molecule has 0 atom stereocenters. The van der Waals surface area contributed by atoms with Crippen LogP contribution in [0, 0.1) is 37.3 Å². The number of nitro benzene ring substituents is 3. The molecule has 9 nitrogen and oxygen atoms in total. The fourth-order valence-corrected chi connectivity index (χ4v) is 7.50. The number of nitrogens with zero attached hydrogens (tertiary/aromatic N) is 3. The molecule has 270 valence electrons. The van der Waals surface area contributed by atoms with Crippen LogP contribution in [0.2, 0.25) is 5.04 Å². The first-order chi connectivity index (χ1) is 25.7. The Kier molecular flexibility index (Phi) is 10.9. The molecule has 0 aliphatic rings. The number of benzene rings is 6. The van der Waals surface area contributed by atoms with E-state index in [4.69, 9.17) is 0 Å². The molecule has 54 heavy (non-hydrogen) atoms. The number of hydrogen-bond acceptors (Lipinski definition) is 6. The minimum absolute atomic E-state index is 0.0280. The van der Waals surface area contributed by atoms with Crippen LogP contribution in [-0.4, -0.2) is 24.3 Å². The maximum Gasteiger partial charge on any atom is 0.269 e. The zero-order valence-corrected chi connectivity index (χ0v) is 31.5. The van der Waals surface area contributed by atoms with Gasteiger partial charge in [-0.1, -0.05) is 86.5 Å². The van der Waals surface area contributed by atoms with Crippen LogP contribution in [0.3, 0.4) is 0 Å². The van der Waals surface area contributed by atoms with Crippen LogP contribution in [0.1, 0.15) is 54.2 Å². The molecule has 0 heterocycles. The Hall–Kier alpha value is -6.26. The Morgan fingerprint density at radius 1 is 0.444 bits per heavy atom. The normalized spacial score (nSPS) is 11.3. The third kappa shape index (κ3) is 9.58. The molecule has 0 amide bonds. The number of aryl methyl sites for hydroxylation is 1. The lowest BCUT2D eigenvalue weighted by Gasteiger charge is -2.18. The predicted octanol–water partition coefficient (Wildman–Crippen LogP) is 11.3. The molecule has 0 aliphatic carbocycles. The minimum atomic E-state index is -0.403. The number of non-ortho nitro benzene ring substituents is 3. The van der Waals surface area contributed by atoms with Crippen molar-refractivity contribution in [2.75, 3.05) is 0 Å². The van der Waals surface area contributed by atoms with Crippen molar-refractivity contribution < 1.29 is 14.8 Å². The van der Waals surface area contributed by atoms with E-state index in [1.807, 2.05) is 6.92 Å². The molecule has 0 saturated heterocycles. The van der Waals surface area contributed by atoms with Crippen LogP contribution in [0.25, 0.3) is 33.4 Å². The molecule has 0 N–H and O–H groups in total. The Labute approximate surface area is 316 Å². The molecule has 0 aliphatic heterocycles. The average molecular weight is 734 g/mol. The van der Waals surface area contributed by atoms with Gasteiger partial charge in [-0.2, -0.15) is 0 Å². The monoisotopic (exact) mass is 733 g/mol. The summed E-state index contributed by atoms with van der Waals surface area (Å²) in [6.07, 6.45) is 1.25. The lowest BCUT2D eigenvalue weighted by atomic mass is 9.91. The van der Waals surface area contributed by atoms with Crippen molar-refractivity contribution in [3.63, 3.8) is 0 Å². The van der Waals surface area contributed by atoms with Gasteiger partial charge in [0, 0.05) is 45.9 Å². The number of rotatable bonds is 12. The van der Waals surface area contributed by atoms with E-state index in [2.05, 4.69) is 75.4 Å². The third-order valence-corrected chi connectivity index (χ3v) is 10.8. The van der Waals surface area contributed by atoms with E-state index < -0.39 is 14.8 Å². The highest BCUT2D eigenvalue weighted by molar-refractivity contribution is 6.39. The second-order valence-corrected chi connectivity index (χ2v) is 16.9. The van der Waals surface area contributed by atoms with Gasteiger partial charge in [-0.25, -0.2) is 0 Å². The first-order valence-corrected chi connectivity index (χ1v) is 18.8. The van der Waals surface area contributed by atoms with Crippen LogP contribution in [0.5, 0.6) is 0 Å². The van der Waals surface area contributed by atoms with E-state index in [1.54, 1.807) is 36.4 Å². The van der Waals surface area contributed by atoms with E-state index in [9.17, 15) is 30.3 Å². The van der Waals surface area contributed by atoms with Crippen molar-refractivity contribution in [2.24, 2.45) is 0 Å². The smallest absolute Gasteiger partial charge is 0.258 e. The van der Waals surface area contributed by atoms with Crippen molar-refractivity contribution in [1.29, 1.82) is 0 Å². The van der Waals surface area contributed by atoms with Crippen molar-refractivity contribution in [1.82, 2.24) is 0 Å². The quantitative estimate of drug-likeness (QED) is 0.0699. The summed E-state index contributed by atoms with van der Waals surface area (Å²) in [7, 11) is 0.708. The zero-order valence-electron chi connectivity index (χ0n) is 30.5. The second kappa shape index (κ2) is 15.8. The molecule has 0 aromatic heterocycles. The first-order valence-electron chi connectivity index (χ1n) is 17.5. The van der Waals surface area contributed by atoms with Gasteiger partial charge in [0.2, 0.25) is 0 Å². The molecule has 0 saturated carbocycles. The lowest BCUT2D eigenvalue weighted by Crippen LogP contribution is -2.11. The van der Waals surface area contributed by atoms with Crippen molar-refractivity contribution in [3.05, 3.63) is 191 Å². The summed E-state index contributed by atoms with van der Waals surface area (Å²) in [4.78, 5) is 32.8. The standard InChI is InChI=1S/C44H39N3O6Si/c1-29-17-30(23-38(18-29)35-5-11-41(12-6-35)45(48)49)19-31-20-32(25-39(24-31)36-7-13-42(14-8-36)46(50)51)21-33-22-34(28-54-44(2,3)4)27-40(26-33)37-9-15-43(16-10-37)47(52)53/h5-18,20,22-27H,19,21,28H2,1-4H3. The Morgan fingerprint density at radius 3 is 1.11 bits per heavy atom. The van der Waals surface area contributed by atoms with Crippen LogP contribution in [-0.2, 0) is 18.9 Å². The largest absolute Gasteiger partial charge is 0.269 e. The van der Waals surface area contributed by atoms with Gasteiger partial charge in [0.25, 0.3) is 17.1 Å². The van der Waals surface area contributed by atoms with Crippen LogP contribution in [0.4, 0.5) is 17.1 Å². The summed E-state index contributed by atoms with van der Waals surface area (Å²) in [6.45, 7) is 8.75. The van der Waals surface area contributed by atoms with Gasteiger partial charge in [0.15, 0.2) is 0 Å². The van der Waals surface area contributed by atoms with Crippen molar-refractivity contribution in [2.45, 2.75) is 51.6 Å². The minimum Gasteiger partial charge on any atom is -0.258 e. The van der Waals surface area contributed by atoms with Gasteiger partial charge in [0.1, 0.15) is 0 Å². The van der Waals surface area contributed by atoms with Gasteiger partial charge in [0.05, 0.1) is 14.8 Å². The van der Waals surface area contributed by atoms with Crippen LogP contribution < -0.4 is 0 Å². The van der Waals surface area contributed by atoms with E-state index in [1.165, 1.54) is 42.0 Å². The molecule has 2 radical (unpaired) electrons. The average Bonchev–Trinajstić information content (AvgIpc) is 3.13. The SMILES string of the molecule is Cc1cc(Cc2cc(Cc3cc(C[Si]C(C)(C)C)cc(-c4ccc([N+](=O)[O-])cc4)c3)cc(-c3ccc([N+](=O)[O-])cc3)c2)cc(-c2ccc([N+](=O)[O-])cc2)c1. The summed E-state index contributed by atoms with van der Waals surface area (Å²) in [6, 6.07) is 40.1. The Bertz CT molecular complexity index is 2350. The fourth-order valence-electron chi connectivity index (χ4n) is 6.56. The van der Waals surface area contributed by atoms with Crippen LogP contribution >= 0.6 is 0 Å². The van der Waals surface area contributed by atoms with Crippen molar-refractivity contribution in [3.8, 4) is 33.4 Å². The van der Waals surface area contributed by atoms with E-state index >= 15 is 0 Å². The molecule has 6 rings (SSSR count). The van der Waals surface area contributed by atoms with Gasteiger partial charge in [-0.05, 0) is 123 Å². The fraction of sp³-hybridized carbons (Fsp3) is 0.182. The molecule has 0 unspecified atom stereocenters. The second-order valence-electron chi connectivity index (χ2n) is 14.7. The Balaban J connectivity index is 1.40. The Morgan fingerprint density at radius 2 is 0.759 bits per heavy atom. The summed E-state index contributed by atoms with van der Waals surface area (Å²) < 4.78 is 0. The third-order valence-electron chi connectivity index (χ3n) is 9.12. The molecule has 0 fully saturated rings. The van der Waals surface area contributed by atoms with E-state index in [0.717, 1.165) is 67.2 Å². The maximum absolute atomic E-state index is 11.4. The van der Waals surface area contributed by atoms with Gasteiger partial charge in [-0.15, -0.1) is 0 Å². The molecule has 6 aromatic carbocycles. The highest BCUT2D eigenvalue weighted by atomic mass is 28.2. The topological polar surface area (TPSA) is 129 Å². The first kappa shape index (κ1) is 37.5. The lowest BCUT2D eigenvalue weighted by molar-refractivity contribution is -0.385. The molecule has 0 spiro atoms. The molecule has 6 aromatic rings. The summed E-state index contributed by atoms with van der Waals surface area (Å²) in [5.41, 5.74) is 12.3. The zero-order chi connectivity index (χ0) is 38.6. The number of hydrogen-bond donors (Lipinski definition) is 0.